The van der Waals surface area contributed by atoms with Gasteiger partial charge in [-0.1, -0.05) is 13.8 Å². The highest BCUT2D eigenvalue weighted by atomic mass is 32.2. The number of hydrogen-bond acceptors (Lipinski definition) is 2. The lowest BCUT2D eigenvalue weighted by Gasteiger charge is -2.31. The van der Waals surface area contributed by atoms with Gasteiger partial charge in [0.05, 0.1) is 0 Å². The van der Waals surface area contributed by atoms with Crippen LogP contribution in [0.15, 0.2) is 0 Å². The third-order valence-electron chi connectivity index (χ3n) is 3.21. The van der Waals surface area contributed by atoms with Crippen molar-refractivity contribution in [1.29, 1.82) is 0 Å². The first-order valence-electron chi connectivity index (χ1n) is 5.46. The molecule has 0 aromatic rings. The fourth-order valence-electron chi connectivity index (χ4n) is 1.96. The molecule has 1 rings (SSSR count). The summed E-state index contributed by atoms with van der Waals surface area (Å²) in [5.74, 6) is 2.97. The highest BCUT2D eigenvalue weighted by Crippen LogP contribution is 2.35. The largest absolute Gasteiger partial charge is 0.396 e. The lowest BCUT2D eigenvalue weighted by molar-refractivity contribution is 0.282. The molecule has 1 N–H and O–H groups in total. The van der Waals surface area contributed by atoms with Gasteiger partial charge in [-0.05, 0) is 43.3 Å². The fourth-order valence-corrected chi connectivity index (χ4v) is 3.34. The molecule has 0 radical (unpaired) electrons. The van der Waals surface area contributed by atoms with E-state index in [-0.39, 0.29) is 0 Å². The number of rotatable bonds is 4. The first-order chi connectivity index (χ1) is 6.24. The Labute approximate surface area is 86.3 Å². The maximum Gasteiger partial charge on any atom is 0.0438 e. The van der Waals surface area contributed by atoms with Gasteiger partial charge in [-0.3, -0.25) is 0 Å². The molecule has 0 saturated heterocycles. The van der Waals surface area contributed by atoms with Crippen molar-refractivity contribution in [1.82, 2.24) is 0 Å². The summed E-state index contributed by atoms with van der Waals surface area (Å²) < 4.78 is 0. The zero-order chi connectivity index (χ0) is 9.68. The van der Waals surface area contributed by atoms with Gasteiger partial charge in [0.1, 0.15) is 0 Å². The van der Waals surface area contributed by atoms with Crippen molar-refractivity contribution >= 4 is 11.8 Å². The van der Waals surface area contributed by atoms with Gasteiger partial charge in [-0.15, -0.1) is 0 Å². The zero-order valence-electron chi connectivity index (χ0n) is 8.83. The van der Waals surface area contributed by atoms with Crippen molar-refractivity contribution in [2.24, 2.45) is 11.8 Å². The van der Waals surface area contributed by atoms with E-state index in [2.05, 4.69) is 25.6 Å². The van der Waals surface area contributed by atoms with Gasteiger partial charge in [0.25, 0.3) is 0 Å². The summed E-state index contributed by atoms with van der Waals surface area (Å²) in [4.78, 5) is 0. The monoisotopic (exact) mass is 202 g/mol. The molecule has 0 spiro atoms. The Hall–Kier alpha value is 0.310. The van der Waals surface area contributed by atoms with Gasteiger partial charge >= 0.3 is 0 Å². The topological polar surface area (TPSA) is 20.2 Å². The van der Waals surface area contributed by atoms with Gasteiger partial charge in [0, 0.05) is 11.9 Å². The summed E-state index contributed by atoms with van der Waals surface area (Å²) in [5, 5.41) is 9.55. The number of aliphatic hydroxyl groups excluding tert-OH is 1. The van der Waals surface area contributed by atoms with Gasteiger partial charge in [-0.25, -0.2) is 0 Å². The van der Waals surface area contributed by atoms with Crippen LogP contribution in [0, 0.1) is 11.8 Å². The van der Waals surface area contributed by atoms with E-state index >= 15 is 0 Å². The minimum absolute atomic E-state index is 0.353. The maximum atomic E-state index is 8.68. The first-order valence-corrected chi connectivity index (χ1v) is 6.51. The molecule has 1 nitrogen and oxygen atoms in total. The van der Waals surface area contributed by atoms with Crippen LogP contribution < -0.4 is 0 Å². The smallest absolute Gasteiger partial charge is 0.0438 e. The van der Waals surface area contributed by atoms with Crippen LogP contribution in [0.25, 0.3) is 0 Å². The molecule has 0 aromatic heterocycles. The van der Waals surface area contributed by atoms with E-state index in [9.17, 15) is 0 Å². The summed E-state index contributed by atoms with van der Waals surface area (Å²) >= 11 is 2.07. The maximum absolute atomic E-state index is 8.68. The Balaban J connectivity index is 2.14. The third-order valence-corrected chi connectivity index (χ3v) is 4.63. The van der Waals surface area contributed by atoms with Crippen LogP contribution >= 0.6 is 11.8 Å². The van der Waals surface area contributed by atoms with Gasteiger partial charge < -0.3 is 5.11 Å². The molecule has 13 heavy (non-hydrogen) atoms. The summed E-state index contributed by atoms with van der Waals surface area (Å²) in [6, 6.07) is 0. The lowest BCUT2D eigenvalue weighted by Crippen LogP contribution is -2.22. The summed E-state index contributed by atoms with van der Waals surface area (Å²) in [7, 11) is 0. The second-order valence-electron chi connectivity index (χ2n) is 4.34. The number of aliphatic hydroxyl groups is 1. The van der Waals surface area contributed by atoms with Crippen molar-refractivity contribution in [3.8, 4) is 0 Å². The Kier molecular flexibility index (Phi) is 5.18. The van der Waals surface area contributed by atoms with E-state index in [1.807, 2.05) is 0 Å². The minimum Gasteiger partial charge on any atom is -0.396 e. The molecule has 78 valence electrons. The summed E-state index contributed by atoms with van der Waals surface area (Å²) in [6.45, 7) is 5.11. The molecular weight excluding hydrogens is 180 g/mol. The molecule has 0 aromatic carbocycles. The van der Waals surface area contributed by atoms with Crippen LogP contribution in [-0.4, -0.2) is 22.7 Å². The Bertz CT molecular complexity index is 138. The molecule has 0 amide bonds. The van der Waals surface area contributed by atoms with E-state index in [0.717, 1.165) is 29.3 Å². The van der Waals surface area contributed by atoms with E-state index in [1.54, 1.807) is 0 Å². The zero-order valence-corrected chi connectivity index (χ0v) is 9.65. The Morgan fingerprint density at radius 2 is 2.00 bits per heavy atom. The molecule has 1 saturated carbocycles. The number of hydrogen-bond donors (Lipinski definition) is 1. The molecule has 1 aliphatic carbocycles. The Morgan fingerprint density at radius 3 is 2.62 bits per heavy atom. The quantitative estimate of drug-likeness (QED) is 0.707. The predicted octanol–water partition coefficient (Wildman–Crippen LogP) is 2.93. The van der Waals surface area contributed by atoms with Crippen LogP contribution in [0.4, 0.5) is 0 Å². The molecule has 3 unspecified atom stereocenters. The third kappa shape index (κ3) is 3.90. The second kappa shape index (κ2) is 5.92. The highest BCUT2D eigenvalue weighted by Gasteiger charge is 2.24. The molecule has 2 heteroatoms. The predicted molar refractivity (Wildman–Crippen MR) is 60.1 cm³/mol. The van der Waals surface area contributed by atoms with Crippen LogP contribution in [-0.2, 0) is 0 Å². The van der Waals surface area contributed by atoms with Crippen molar-refractivity contribution in [2.45, 2.75) is 44.8 Å². The SMILES string of the molecule is CC1CCC(SCCCO)CC1C. The van der Waals surface area contributed by atoms with E-state index in [0.29, 0.717) is 6.61 Å². The van der Waals surface area contributed by atoms with Gasteiger partial charge in [0.15, 0.2) is 0 Å². The molecule has 0 heterocycles. The summed E-state index contributed by atoms with van der Waals surface area (Å²) in [6.07, 6.45) is 5.14. The molecule has 1 aliphatic rings. The van der Waals surface area contributed by atoms with Crippen LogP contribution in [0.3, 0.4) is 0 Å². The highest BCUT2D eigenvalue weighted by molar-refractivity contribution is 7.99. The van der Waals surface area contributed by atoms with Gasteiger partial charge in [0.2, 0.25) is 0 Å². The Morgan fingerprint density at radius 1 is 1.23 bits per heavy atom. The minimum atomic E-state index is 0.353. The lowest BCUT2D eigenvalue weighted by atomic mass is 9.81. The molecule has 0 aliphatic heterocycles. The van der Waals surface area contributed by atoms with Gasteiger partial charge in [-0.2, -0.15) is 11.8 Å². The molecular formula is C11H22OS. The normalized spacial score (nSPS) is 34.8. The van der Waals surface area contributed by atoms with Crippen LogP contribution in [0.1, 0.15) is 39.5 Å². The van der Waals surface area contributed by atoms with Crippen molar-refractivity contribution < 1.29 is 5.11 Å². The molecule has 3 atom stereocenters. The van der Waals surface area contributed by atoms with E-state index < -0.39 is 0 Å². The van der Waals surface area contributed by atoms with Crippen LogP contribution in [0.5, 0.6) is 0 Å². The standard InChI is InChI=1S/C11H22OS/c1-9-4-5-11(8-10(9)2)13-7-3-6-12/h9-12H,3-8H2,1-2H3. The summed E-state index contributed by atoms with van der Waals surface area (Å²) in [5.41, 5.74) is 0. The van der Waals surface area contributed by atoms with E-state index in [4.69, 9.17) is 5.11 Å². The number of thioether (sulfide) groups is 1. The fraction of sp³-hybridized carbons (Fsp3) is 1.00. The first kappa shape index (κ1) is 11.4. The van der Waals surface area contributed by atoms with E-state index in [1.165, 1.54) is 19.3 Å². The van der Waals surface area contributed by atoms with Crippen molar-refractivity contribution in [3.63, 3.8) is 0 Å². The van der Waals surface area contributed by atoms with Crippen molar-refractivity contribution in [3.05, 3.63) is 0 Å². The molecule has 1 fully saturated rings. The molecule has 0 bridgehead atoms. The van der Waals surface area contributed by atoms with Crippen molar-refractivity contribution in [2.75, 3.05) is 12.4 Å². The second-order valence-corrected chi connectivity index (χ2v) is 5.75. The average Bonchev–Trinajstić information content (AvgIpc) is 2.12. The average molecular weight is 202 g/mol. The van der Waals surface area contributed by atoms with Crippen LogP contribution in [0.2, 0.25) is 0 Å².